The molecule has 0 spiro atoms. The van der Waals surface area contributed by atoms with Gasteiger partial charge in [0.1, 0.15) is 5.75 Å². The Balaban J connectivity index is 2.80. The molecule has 0 aliphatic carbocycles. The highest BCUT2D eigenvalue weighted by atomic mass is 16.5. The quantitative estimate of drug-likeness (QED) is 0.782. The highest BCUT2D eigenvalue weighted by Crippen LogP contribution is 2.20. The van der Waals surface area contributed by atoms with Crippen LogP contribution in [0.5, 0.6) is 5.75 Å². The lowest BCUT2D eigenvalue weighted by Gasteiger charge is -2.19. The number of aryl methyl sites for hydroxylation is 2. The minimum atomic E-state index is -0.449. The van der Waals surface area contributed by atoms with E-state index in [0.717, 1.165) is 16.9 Å². The number of likely N-dealkylation sites (N-methyl/N-ethyl adjacent to an activating group) is 1. The summed E-state index contributed by atoms with van der Waals surface area (Å²) in [6, 6.07) is 5.98. The van der Waals surface area contributed by atoms with Crippen LogP contribution in [0.25, 0.3) is 0 Å². The molecule has 0 saturated heterocycles. The van der Waals surface area contributed by atoms with Gasteiger partial charge in [-0.1, -0.05) is 12.1 Å². The molecular formula is C13H19NO2. The fraction of sp³-hybridized carbons (Fsp3) is 0.462. The van der Waals surface area contributed by atoms with Gasteiger partial charge in [0.15, 0.2) is 6.10 Å². The third kappa shape index (κ3) is 2.99. The van der Waals surface area contributed by atoms with Gasteiger partial charge in [0, 0.05) is 14.1 Å². The first-order chi connectivity index (χ1) is 7.41. The second-order valence-electron chi connectivity index (χ2n) is 4.26. The van der Waals surface area contributed by atoms with Crippen LogP contribution < -0.4 is 4.74 Å². The molecule has 3 heteroatoms. The van der Waals surface area contributed by atoms with E-state index < -0.39 is 6.10 Å². The first-order valence-corrected chi connectivity index (χ1v) is 5.37. The second kappa shape index (κ2) is 5.01. The van der Waals surface area contributed by atoms with Gasteiger partial charge in [0.2, 0.25) is 0 Å². The van der Waals surface area contributed by atoms with Gasteiger partial charge in [-0.3, -0.25) is 4.79 Å². The molecule has 0 saturated carbocycles. The summed E-state index contributed by atoms with van der Waals surface area (Å²) in [5.74, 6) is 0.753. The van der Waals surface area contributed by atoms with Crippen LogP contribution in [-0.4, -0.2) is 31.0 Å². The molecule has 1 rings (SSSR count). The topological polar surface area (TPSA) is 29.5 Å². The Kier molecular flexibility index (Phi) is 3.93. The predicted octanol–water partition coefficient (Wildman–Crippen LogP) is 2.16. The second-order valence-corrected chi connectivity index (χ2v) is 4.26. The van der Waals surface area contributed by atoms with Crippen LogP contribution in [0.4, 0.5) is 0 Å². The lowest BCUT2D eigenvalue weighted by atomic mass is 10.1. The summed E-state index contributed by atoms with van der Waals surface area (Å²) in [6.45, 7) is 5.75. The number of carbonyl (C=O) groups excluding carboxylic acids is 1. The lowest BCUT2D eigenvalue weighted by molar-refractivity contribution is -0.135. The molecule has 3 nitrogen and oxygen atoms in total. The van der Waals surface area contributed by atoms with E-state index in [1.807, 2.05) is 32.0 Å². The van der Waals surface area contributed by atoms with E-state index in [1.165, 1.54) is 4.90 Å². The Morgan fingerprint density at radius 1 is 1.31 bits per heavy atom. The summed E-state index contributed by atoms with van der Waals surface area (Å²) < 4.78 is 5.66. The zero-order chi connectivity index (χ0) is 12.3. The number of benzene rings is 1. The van der Waals surface area contributed by atoms with Crippen molar-refractivity contribution in [1.29, 1.82) is 0 Å². The molecule has 0 aromatic heterocycles. The molecule has 0 radical (unpaired) electrons. The molecule has 0 bridgehead atoms. The Hall–Kier alpha value is -1.51. The maximum atomic E-state index is 11.6. The summed E-state index contributed by atoms with van der Waals surface area (Å²) in [7, 11) is 3.45. The normalized spacial score (nSPS) is 12.1. The molecule has 0 N–H and O–H groups in total. The van der Waals surface area contributed by atoms with Crippen molar-refractivity contribution >= 4 is 5.91 Å². The summed E-state index contributed by atoms with van der Waals surface area (Å²) in [5, 5.41) is 0. The summed E-state index contributed by atoms with van der Waals surface area (Å²) in [6.07, 6.45) is -0.449. The van der Waals surface area contributed by atoms with Crippen molar-refractivity contribution < 1.29 is 9.53 Å². The minimum absolute atomic E-state index is 0.0269. The van der Waals surface area contributed by atoms with Gasteiger partial charge < -0.3 is 9.64 Å². The van der Waals surface area contributed by atoms with E-state index in [1.54, 1.807) is 21.0 Å². The van der Waals surface area contributed by atoms with Gasteiger partial charge in [0.25, 0.3) is 5.91 Å². The maximum absolute atomic E-state index is 11.6. The maximum Gasteiger partial charge on any atom is 0.262 e. The molecule has 88 valence electrons. The number of nitrogens with zero attached hydrogens (tertiary/aromatic N) is 1. The molecule has 0 aliphatic rings. The standard InChI is InChI=1S/C13H19NO2/c1-9-6-7-10(2)12(8-9)16-11(3)13(15)14(4)5/h6-8,11H,1-5H3/t11-/m1/s1. The van der Waals surface area contributed by atoms with E-state index in [2.05, 4.69) is 0 Å². The third-order valence-corrected chi connectivity index (χ3v) is 2.44. The highest BCUT2D eigenvalue weighted by Gasteiger charge is 2.17. The monoisotopic (exact) mass is 221 g/mol. The first-order valence-electron chi connectivity index (χ1n) is 5.37. The number of amides is 1. The predicted molar refractivity (Wildman–Crippen MR) is 64.7 cm³/mol. The highest BCUT2D eigenvalue weighted by molar-refractivity contribution is 5.80. The van der Waals surface area contributed by atoms with Gasteiger partial charge >= 0.3 is 0 Å². The number of rotatable bonds is 3. The van der Waals surface area contributed by atoms with E-state index in [-0.39, 0.29) is 5.91 Å². The van der Waals surface area contributed by atoms with Crippen LogP contribution in [0.1, 0.15) is 18.1 Å². The summed E-state index contributed by atoms with van der Waals surface area (Å²) >= 11 is 0. The van der Waals surface area contributed by atoms with Crippen LogP contribution in [0, 0.1) is 13.8 Å². The molecular weight excluding hydrogens is 202 g/mol. The van der Waals surface area contributed by atoms with Crippen molar-refractivity contribution in [2.75, 3.05) is 14.1 Å². The Bertz CT molecular complexity index is 386. The zero-order valence-electron chi connectivity index (χ0n) is 10.6. The summed E-state index contributed by atoms with van der Waals surface area (Å²) in [4.78, 5) is 13.2. The van der Waals surface area contributed by atoms with Crippen molar-refractivity contribution in [3.05, 3.63) is 29.3 Å². The fourth-order valence-corrected chi connectivity index (χ4v) is 1.44. The van der Waals surface area contributed by atoms with Crippen LogP contribution in [0.15, 0.2) is 18.2 Å². The zero-order valence-corrected chi connectivity index (χ0v) is 10.6. The Morgan fingerprint density at radius 3 is 2.50 bits per heavy atom. The molecule has 1 aromatic rings. The van der Waals surface area contributed by atoms with E-state index in [9.17, 15) is 4.79 Å². The average Bonchev–Trinajstić information content (AvgIpc) is 2.22. The fourth-order valence-electron chi connectivity index (χ4n) is 1.44. The van der Waals surface area contributed by atoms with Crippen molar-refractivity contribution in [3.63, 3.8) is 0 Å². The van der Waals surface area contributed by atoms with Gasteiger partial charge in [-0.25, -0.2) is 0 Å². The van der Waals surface area contributed by atoms with Crippen LogP contribution >= 0.6 is 0 Å². The first kappa shape index (κ1) is 12.6. The van der Waals surface area contributed by atoms with Crippen molar-refractivity contribution in [1.82, 2.24) is 4.90 Å². The van der Waals surface area contributed by atoms with E-state index >= 15 is 0 Å². The van der Waals surface area contributed by atoms with E-state index in [0.29, 0.717) is 0 Å². The average molecular weight is 221 g/mol. The molecule has 0 aliphatic heterocycles. The van der Waals surface area contributed by atoms with Gasteiger partial charge in [-0.05, 0) is 38.0 Å². The molecule has 0 unspecified atom stereocenters. The lowest BCUT2D eigenvalue weighted by Crippen LogP contribution is -2.35. The molecule has 16 heavy (non-hydrogen) atoms. The number of carbonyl (C=O) groups is 1. The molecule has 0 heterocycles. The van der Waals surface area contributed by atoms with Gasteiger partial charge in [0.05, 0.1) is 0 Å². The van der Waals surface area contributed by atoms with Crippen molar-refractivity contribution in [2.24, 2.45) is 0 Å². The van der Waals surface area contributed by atoms with Crippen LogP contribution in [-0.2, 0) is 4.79 Å². The number of hydrogen-bond donors (Lipinski definition) is 0. The Morgan fingerprint density at radius 2 is 1.94 bits per heavy atom. The van der Waals surface area contributed by atoms with Crippen molar-refractivity contribution in [3.8, 4) is 5.75 Å². The molecule has 1 amide bonds. The van der Waals surface area contributed by atoms with Crippen LogP contribution in [0.2, 0.25) is 0 Å². The smallest absolute Gasteiger partial charge is 0.262 e. The van der Waals surface area contributed by atoms with Gasteiger partial charge in [-0.2, -0.15) is 0 Å². The van der Waals surface area contributed by atoms with E-state index in [4.69, 9.17) is 4.74 Å². The molecule has 0 fully saturated rings. The molecule has 1 atom stereocenters. The van der Waals surface area contributed by atoms with Gasteiger partial charge in [-0.15, -0.1) is 0 Å². The Labute approximate surface area is 97.0 Å². The third-order valence-electron chi connectivity index (χ3n) is 2.44. The number of ether oxygens (including phenoxy) is 1. The molecule has 1 aromatic carbocycles. The SMILES string of the molecule is Cc1ccc(C)c(O[C@H](C)C(=O)N(C)C)c1. The largest absolute Gasteiger partial charge is 0.481 e. The summed E-state index contributed by atoms with van der Waals surface area (Å²) in [5.41, 5.74) is 2.18. The number of hydrogen-bond acceptors (Lipinski definition) is 2. The van der Waals surface area contributed by atoms with Crippen molar-refractivity contribution in [2.45, 2.75) is 26.9 Å². The van der Waals surface area contributed by atoms with Crippen LogP contribution in [0.3, 0.4) is 0 Å². The minimum Gasteiger partial charge on any atom is -0.481 e.